The Morgan fingerprint density at radius 2 is 1.77 bits per heavy atom. The van der Waals surface area contributed by atoms with E-state index >= 15 is 0 Å². The van der Waals surface area contributed by atoms with Crippen LogP contribution in [0.15, 0.2) is 36.7 Å². The van der Waals surface area contributed by atoms with Gasteiger partial charge in [-0.25, -0.2) is 19.0 Å². The van der Waals surface area contributed by atoms with Gasteiger partial charge in [0.25, 0.3) is 11.8 Å². The zero-order chi connectivity index (χ0) is 39.3. The van der Waals surface area contributed by atoms with E-state index in [-0.39, 0.29) is 34.6 Å². The van der Waals surface area contributed by atoms with Crippen molar-refractivity contribution in [3.05, 3.63) is 48.1 Å². The molecule has 1 aromatic heterocycles. The van der Waals surface area contributed by atoms with Crippen molar-refractivity contribution < 1.29 is 43.6 Å². The van der Waals surface area contributed by atoms with Crippen LogP contribution in [0, 0.1) is 17.2 Å². The lowest BCUT2D eigenvalue weighted by molar-refractivity contribution is -0.134. The van der Waals surface area contributed by atoms with Crippen LogP contribution in [0.5, 0.6) is 11.6 Å². The number of likely N-dealkylation sites (tertiary alicyclic amines) is 1. The Labute approximate surface area is 311 Å². The Hall–Kier alpha value is -4.25. The molecule has 2 aromatic rings. The average Bonchev–Trinajstić information content (AvgIpc) is 3.52. The summed E-state index contributed by atoms with van der Waals surface area (Å²) in [7, 11) is 3.66. The largest absolute Gasteiger partial charge is 0.478 e. The number of carboxylic acids is 2. The number of benzene rings is 1. The van der Waals surface area contributed by atoms with Crippen molar-refractivity contribution >= 4 is 23.7 Å². The number of aliphatic hydroxyl groups excluding tert-OH is 1. The van der Waals surface area contributed by atoms with Crippen LogP contribution in [0.2, 0.25) is 0 Å². The summed E-state index contributed by atoms with van der Waals surface area (Å²) in [6.07, 6.45) is 5.29. The van der Waals surface area contributed by atoms with Gasteiger partial charge in [0.1, 0.15) is 17.9 Å². The normalized spacial score (nSPS) is 16.5. The Bertz CT molecular complexity index is 1520. The number of hydrogen-bond acceptors (Lipinski definition) is 12. The second-order valence-electron chi connectivity index (χ2n) is 14.4. The fourth-order valence-corrected chi connectivity index (χ4v) is 7.07. The molecule has 0 aliphatic carbocycles. The first kappa shape index (κ1) is 43.2. The number of methoxy groups -OCH3 is 1. The van der Waals surface area contributed by atoms with Crippen LogP contribution >= 0.6 is 0 Å². The lowest BCUT2D eigenvalue weighted by atomic mass is 9.76. The van der Waals surface area contributed by atoms with E-state index in [9.17, 15) is 23.9 Å². The molecule has 2 aliphatic heterocycles. The number of hydrogen-bond donors (Lipinski definition) is 3. The second-order valence-corrected chi connectivity index (χ2v) is 14.4. The maximum absolute atomic E-state index is 14.3. The van der Waals surface area contributed by atoms with Crippen LogP contribution < -0.4 is 9.64 Å². The summed E-state index contributed by atoms with van der Waals surface area (Å²) in [4.78, 5) is 45.7. The Morgan fingerprint density at radius 3 is 2.36 bits per heavy atom. The molecule has 2 fully saturated rings. The lowest BCUT2D eigenvalue weighted by Crippen LogP contribution is -2.62. The Kier molecular flexibility index (Phi) is 16.5. The molecule has 1 amide bonds. The molecule has 53 heavy (non-hydrogen) atoms. The van der Waals surface area contributed by atoms with Crippen molar-refractivity contribution in [2.45, 2.75) is 72.1 Å². The number of likely N-dealkylation sites (N-methyl/N-ethyl adjacent to an activating group) is 1. The van der Waals surface area contributed by atoms with Gasteiger partial charge in [0.15, 0.2) is 5.82 Å². The minimum Gasteiger partial charge on any atom is -0.478 e. The highest BCUT2D eigenvalue weighted by Gasteiger charge is 2.50. The SMILES string of the molecule is CCN(C(=O)c1cc(F)ccc1Oc1nncnc1N1CCC2(C1)CN([C@H](CCCN(C)C[C@@H](O)COC)C(C)C)C2)C(C)C.O=C(O)/C=C/C(=O)O. The molecule has 1 spiro atoms. The Balaban J connectivity index is 0.000000846. The molecule has 2 saturated heterocycles. The quantitative estimate of drug-likeness (QED) is 0.188. The van der Waals surface area contributed by atoms with E-state index in [1.54, 1.807) is 12.0 Å². The number of amides is 1. The molecule has 2 atom stereocenters. The van der Waals surface area contributed by atoms with Gasteiger partial charge >= 0.3 is 11.9 Å². The van der Waals surface area contributed by atoms with Gasteiger partial charge in [-0.1, -0.05) is 13.8 Å². The number of carbonyl (C=O) groups excluding carboxylic acids is 1. The van der Waals surface area contributed by atoms with Gasteiger partial charge in [0, 0.05) is 76.0 Å². The molecule has 1 aromatic carbocycles. The van der Waals surface area contributed by atoms with Crippen molar-refractivity contribution in [3.63, 3.8) is 0 Å². The molecular weight excluding hydrogens is 689 g/mol. The number of carbonyl (C=O) groups is 3. The van der Waals surface area contributed by atoms with Gasteiger partial charge < -0.3 is 39.5 Å². The van der Waals surface area contributed by atoms with Gasteiger partial charge in [0.2, 0.25) is 0 Å². The number of aliphatic carboxylic acids is 2. The predicted molar refractivity (Wildman–Crippen MR) is 197 cm³/mol. The van der Waals surface area contributed by atoms with E-state index in [4.69, 9.17) is 19.7 Å². The fourth-order valence-electron chi connectivity index (χ4n) is 7.07. The van der Waals surface area contributed by atoms with E-state index in [0.717, 1.165) is 52.0 Å². The van der Waals surface area contributed by atoms with E-state index in [1.165, 1.54) is 24.5 Å². The van der Waals surface area contributed by atoms with Crippen LogP contribution in [0.1, 0.15) is 64.2 Å². The molecule has 15 nitrogen and oxygen atoms in total. The number of ether oxygens (including phenoxy) is 2. The third-order valence-electron chi connectivity index (χ3n) is 9.52. The third kappa shape index (κ3) is 12.7. The van der Waals surface area contributed by atoms with Gasteiger partial charge in [-0.05, 0) is 77.7 Å². The second kappa shape index (κ2) is 20.3. The van der Waals surface area contributed by atoms with Gasteiger partial charge in [-0.15, -0.1) is 10.2 Å². The minimum absolute atomic E-state index is 0.0491. The molecule has 0 radical (unpaired) electrons. The number of anilines is 1. The number of aromatic nitrogens is 3. The van der Waals surface area contributed by atoms with Crippen molar-refractivity contribution in [1.82, 2.24) is 29.9 Å². The van der Waals surface area contributed by atoms with E-state index < -0.39 is 23.9 Å². The van der Waals surface area contributed by atoms with Crippen molar-refractivity contribution in [2.24, 2.45) is 11.3 Å². The first-order valence-corrected chi connectivity index (χ1v) is 18.0. The predicted octanol–water partition coefficient (Wildman–Crippen LogP) is 3.64. The molecule has 294 valence electrons. The van der Waals surface area contributed by atoms with Gasteiger partial charge in [-0.3, -0.25) is 9.69 Å². The Morgan fingerprint density at radius 1 is 1.09 bits per heavy atom. The molecule has 0 bridgehead atoms. The number of rotatable bonds is 18. The van der Waals surface area contributed by atoms with E-state index in [2.05, 4.69) is 50.8 Å². The molecule has 16 heteroatoms. The number of nitrogens with zero attached hydrogens (tertiary/aromatic N) is 7. The number of aliphatic hydroxyl groups is 1. The topological polar surface area (TPSA) is 182 Å². The maximum atomic E-state index is 14.3. The highest BCUT2D eigenvalue weighted by atomic mass is 19.1. The van der Waals surface area contributed by atoms with E-state index in [0.29, 0.717) is 49.6 Å². The minimum atomic E-state index is -1.26. The molecule has 2 aliphatic rings. The summed E-state index contributed by atoms with van der Waals surface area (Å²) < 4.78 is 25.5. The molecule has 3 N–H and O–H groups in total. The molecular formula is C37H56FN7O8. The van der Waals surface area contributed by atoms with Crippen molar-refractivity contribution in [2.75, 3.05) is 71.5 Å². The number of carboxylic acid groups (broad SMARTS) is 2. The monoisotopic (exact) mass is 745 g/mol. The number of halogens is 1. The maximum Gasteiger partial charge on any atom is 0.328 e. The summed E-state index contributed by atoms with van der Waals surface area (Å²) in [6.45, 7) is 16.5. The first-order valence-electron chi connectivity index (χ1n) is 18.0. The zero-order valence-corrected chi connectivity index (χ0v) is 31.9. The third-order valence-corrected chi connectivity index (χ3v) is 9.52. The summed E-state index contributed by atoms with van der Waals surface area (Å²) >= 11 is 0. The summed E-state index contributed by atoms with van der Waals surface area (Å²) in [5.41, 5.74) is 0.318. The zero-order valence-electron chi connectivity index (χ0n) is 31.9. The van der Waals surface area contributed by atoms with Crippen molar-refractivity contribution in [1.29, 1.82) is 0 Å². The van der Waals surface area contributed by atoms with E-state index in [1.807, 2.05) is 20.8 Å². The highest BCUT2D eigenvalue weighted by molar-refractivity contribution is 5.97. The summed E-state index contributed by atoms with van der Waals surface area (Å²) in [5, 5.41) is 33.9. The molecule has 3 heterocycles. The molecule has 0 unspecified atom stereocenters. The molecule has 0 saturated carbocycles. The fraction of sp³-hybridized carbons (Fsp3) is 0.622. The van der Waals surface area contributed by atoms with Crippen LogP contribution in [-0.4, -0.2) is 148 Å². The van der Waals surface area contributed by atoms with Gasteiger partial charge in [0.05, 0.1) is 18.3 Å². The summed E-state index contributed by atoms with van der Waals surface area (Å²) in [6, 6.07) is 4.42. The summed E-state index contributed by atoms with van der Waals surface area (Å²) in [5.74, 6) is -1.76. The smallest absolute Gasteiger partial charge is 0.328 e. The van der Waals surface area contributed by atoms with Crippen LogP contribution in [0.3, 0.4) is 0 Å². The van der Waals surface area contributed by atoms with Crippen LogP contribution in [0.4, 0.5) is 10.2 Å². The van der Waals surface area contributed by atoms with Crippen molar-refractivity contribution in [3.8, 4) is 11.6 Å². The van der Waals surface area contributed by atoms with Crippen LogP contribution in [0.25, 0.3) is 0 Å². The average molecular weight is 746 g/mol. The standard InChI is InChI=1S/C33H52FN7O4.C4H4O4/c1-8-41(24(4)5)32(43)27-16-25(34)11-12-29(27)45-31-30(35-22-36-37-31)39-15-13-33(19-39)20-40(21-33)28(23(2)3)10-9-14-38(6)17-26(42)18-44-7;5-3(6)1-2-4(7)8/h11-12,16,22-24,26,28,42H,8-10,13-15,17-21H2,1-7H3;1-2H,(H,5,6)(H,7,8)/b;2-1+/t26-,28-;/m1./s1. The lowest BCUT2D eigenvalue weighted by Gasteiger charge is -2.53. The van der Waals surface area contributed by atoms with Gasteiger partial charge in [-0.2, -0.15) is 0 Å². The van der Waals surface area contributed by atoms with Crippen LogP contribution in [-0.2, 0) is 14.3 Å². The molecule has 4 rings (SSSR count). The highest BCUT2D eigenvalue weighted by Crippen LogP contribution is 2.44. The first-order chi connectivity index (χ1) is 25.1.